The summed E-state index contributed by atoms with van der Waals surface area (Å²) >= 11 is 0. The second-order valence-electron chi connectivity index (χ2n) is 5.60. The van der Waals surface area contributed by atoms with E-state index < -0.39 is 0 Å². The van der Waals surface area contributed by atoms with Crippen LogP contribution in [0.4, 0.5) is 0 Å². The minimum atomic E-state index is 0. The maximum atomic E-state index is 12.2. The Labute approximate surface area is 133 Å². The molecular weight excluding hydrogens is 288 g/mol. The minimum absolute atomic E-state index is 0. The molecule has 118 valence electrons. The van der Waals surface area contributed by atoms with Gasteiger partial charge in [-0.2, -0.15) is 0 Å². The quantitative estimate of drug-likeness (QED) is 0.898. The third kappa shape index (κ3) is 4.90. The van der Waals surface area contributed by atoms with E-state index in [1.165, 1.54) is 0 Å². The van der Waals surface area contributed by atoms with Crippen LogP contribution in [-0.2, 0) is 11.3 Å². The third-order valence-electron chi connectivity index (χ3n) is 3.93. The van der Waals surface area contributed by atoms with Gasteiger partial charge in [-0.15, -0.1) is 12.4 Å². The normalized spacial score (nSPS) is 21.3. The van der Waals surface area contributed by atoms with Gasteiger partial charge in [0.15, 0.2) is 0 Å². The highest BCUT2D eigenvalue weighted by Crippen LogP contribution is 2.19. The van der Waals surface area contributed by atoms with Crippen LogP contribution in [0.15, 0.2) is 18.2 Å². The van der Waals surface area contributed by atoms with Gasteiger partial charge in [-0.1, -0.05) is 12.1 Å². The lowest BCUT2D eigenvalue weighted by atomic mass is 9.92. The molecule has 21 heavy (non-hydrogen) atoms. The number of nitrogens with one attached hydrogen (secondary N) is 2. The standard InChI is InChI=1S/C16H24N2O2.ClH/c1-11-4-5-13(9-15(11)20-3)10-18-16(19)14-6-7-17-12(2)8-14;/h4-5,9,12,14,17H,6-8,10H2,1-3H3,(H,18,19);1H/t12-,14-;/m0./s1. The first-order valence-corrected chi connectivity index (χ1v) is 7.24. The number of aryl methyl sites for hydroxylation is 1. The van der Waals surface area contributed by atoms with Gasteiger partial charge in [0, 0.05) is 18.5 Å². The number of hydrogen-bond acceptors (Lipinski definition) is 3. The van der Waals surface area contributed by atoms with E-state index in [1.807, 2.05) is 25.1 Å². The molecule has 1 amide bonds. The number of ether oxygens (including phenoxy) is 1. The Morgan fingerprint density at radius 1 is 1.48 bits per heavy atom. The van der Waals surface area contributed by atoms with Crippen molar-refractivity contribution in [3.05, 3.63) is 29.3 Å². The number of hydrogen-bond donors (Lipinski definition) is 2. The van der Waals surface area contributed by atoms with Crippen molar-refractivity contribution in [2.45, 2.75) is 39.3 Å². The van der Waals surface area contributed by atoms with Crippen molar-refractivity contribution in [3.63, 3.8) is 0 Å². The van der Waals surface area contributed by atoms with E-state index in [0.717, 1.165) is 36.3 Å². The zero-order chi connectivity index (χ0) is 14.5. The van der Waals surface area contributed by atoms with E-state index in [4.69, 9.17) is 4.74 Å². The second-order valence-corrected chi connectivity index (χ2v) is 5.60. The van der Waals surface area contributed by atoms with E-state index in [2.05, 4.69) is 17.6 Å². The Hall–Kier alpha value is -1.26. The molecule has 1 aliphatic rings. The van der Waals surface area contributed by atoms with E-state index >= 15 is 0 Å². The Morgan fingerprint density at radius 3 is 2.90 bits per heavy atom. The average molecular weight is 313 g/mol. The first-order valence-electron chi connectivity index (χ1n) is 7.24. The molecular formula is C16H25ClN2O2. The molecule has 2 rings (SSSR count). The molecule has 0 saturated carbocycles. The average Bonchev–Trinajstić information content (AvgIpc) is 2.46. The first-order chi connectivity index (χ1) is 9.60. The van der Waals surface area contributed by atoms with Crippen LogP contribution in [0.3, 0.4) is 0 Å². The molecule has 0 aliphatic carbocycles. The van der Waals surface area contributed by atoms with Gasteiger partial charge in [-0.3, -0.25) is 4.79 Å². The maximum Gasteiger partial charge on any atom is 0.223 e. The SMILES string of the molecule is COc1cc(CNC(=O)[C@H]2CCN[C@@H](C)C2)ccc1C.Cl. The van der Waals surface area contributed by atoms with Crippen LogP contribution < -0.4 is 15.4 Å². The molecule has 0 bridgehead atoms. The van der Waals surface area contributed by atoms with Gasteiger partial charge in [0.1, 0.15) is 5.75 Å². The van der Waals surface area contributed by atoms with Gasteiger partial charge < -0.3 is 15.4 Å². The lowest BCUT2D eigenvalue weighted by molar-refractivity contribution is -0.126. The summed E-state index contributed by atoms with van der Waals surface area (Å²) in [6.45, 7) is 5.63. The van der Waals surface area contributed by atoms with Crippen molar-refractivity contribution < 1.29 is 9.53 Å². The molecule has 5 heteroatoms. The molecule has 1 saturated heterocycles. The van der Waals surface area contributed by atoms with Crippen LogP contribution in [0, 0.1) is 12.8 Å². The fourth-order valence-electron chi connectivity index (χ4n) is 2.68. The van der Waals surface area contributed by atoms with Gasteiger partial charge in [0.2, 0.25) is 5.91 Å². The smallest absolute Gasteiger partial charge is 0.223 e. The highest BCUT2D eigenvalue weighted by Gasteiger charge is 2.24. The molecule has 1 aliphatic heterocycles. The number of benzene rings is 1. The van der Waals surface area contributed by atoms with Crippen molar-refractivity contribution in [2.24, 2.45) is 5.92 Å². The summed E-state index contributed by atoms with van der Waals surface area (Å²) in [5.41, 5.74) is 2.18. The highest BCUT2D eigenvalue weighted by atomic mass is 35.5. The molecule has 1 fully saturated rings. The molecule has 1 heterocycles. The monoisotopic (exact) mass is 312 g/mol. The predicted octanol–water partition coefficient (Wildman–Crippen LogP) is 2.43. The number of halogens is 1. The second kappa shape index (κ2) is 8.25. The van der Waals surface area contributed by atoms with Gasteiger partial charge in [0.05, 0.1) is 7.11 Å². The minimum Gasteiger partial charge on any atom is -0.496 e. The largest absolute Gasteiger partial charge is 0.496 e. The lowest BCUT2D eigenvalue weighted by Crippen LogP contribution is -2.42. The molecule has 1 aromatic carbocycles. The first kappa shape index (κ1) is 17.8. The Bertz CT molecular complexity index is 479. The fraction of sp³-hybridized carbons (Fsp3) is 0.562. The number of piperidine rings is 1. The van der Waals surface area contributed by atoms with Gasteiger partial charge >= 0.3 is 0 Å². The number of rotatable bonds is 4. The number of methoxy groups -OCH3 is 1. The van der Waals surface area contributed by atoms with E-state index in [0.29, 0.717) is 12.6 Å². The third-order valence-corrected chi connectivity index (χ3v) is 3.93. The number of amides is 1. The highest BCUT2D eigenvalue weighted by molar-refractivity contribution is 5.85. The topological polar surface area (TPSA) is 50.4 Å². The summed E-state index contributed by atoms with van der Waals surface area (Å²) in [6, 6.07) is 6.47. The molecule has 2 N–H and O–H groups in total. The van der Waals surface area contributed by atoms with Crippen molar-refractivity contribution in [3.8, 4) is 5.75 Å². The Kier molecular flexibility index (Phi) is 6.99. The summed E-state index contributed by atoms with van der Waals surface area (Å²) in [4.78, 5) is 12.2. The summed E-state index contributed by atoms with van der Waals surface area (Å²) in [5, 5.41) is 6.40. The van der Waals surface area contributed by atoms with Crippen LogP contribution in [-0.4, -0.2) is 25.6 Å². The summed E-state index contributed by atoms with van der Waals surface area (Å²) < 4.78 is 5.30. The number of carbonyl (C=O) groups excluding carboxylic acids is 1. The molecule has 0 aromatic heterocycles. The molecule has 0 spiro atoms. The van der Waals surface area contributed by atoms with Crippen molar-refractivity contribution >= 4 is 18.3 Å². The predicted molar refractivity (Wildman–Crippen MR) is 87.0 cm³/mol. The van der Waals surface area contributed by atoms with Crippen LogP contribution in [0.2, 0.25) is 0 Å². The van der Waals surface area contributed by atoms with Crippen molar-refractivity contribution in [1.82, 2.24) is 10.6 Å². The van der Waals surface area contributed by atoms with E-state index in [9.17, 15) is 4.79 Å². The summed E-state index contributed by atoms with van der Waals surface area (Å²) in [7, 11) is 1.67. The maximum absolute atomic E-state index is 12.2. The van der Waals surface area contributed by atoms with Crippen LogP contribution in [0.25, 0.3) is 0 Å². The van der Waals surface area contributed by atoms with Crippen LogP contribution in [0.5, 0.6) is 5.75 Å². The Balaban J connectivity index is 0.00000220. The zero-order valence-corrected chi connectivity index (χ0v) is 13.8. The molecule has 0 unspecified atom stereocenters. The van der Waals surface area contributed by atoms with E-state index in [1.54, 1.807) is 7.11 Å². The molecule has 4 nitrogen and oxygen atoms in total. The van der Waals surface area contributed by atoms with Crippen LogP contribution >= 0.6 is 12.4 Å². The van der Waals surface area contributed by atoms with Crippen molar-refractivity contribution in [1.29, 1.82) is 0 Å². The van der Waals surface area contributed by atoms with Crippen LogP contribution in [0.1, 0.15) is 30.9 Å². The molecule has 0 radical (unpaired) electrons. The number of carbonyl (C=O) groups is 1. The van der Waals surface area contributed by atoms with Crippen molar-refractivity contribution in [2.75, 3.05) is 13.7 Å². The molecule has 2 atom stereocenters. The summed E-state index contributed by atoms with van der Waals surface area (Å²) in [6.07, 6.45) is 1.84. The summed E-state index contributed by atoms with van der Waals surface area (Å²) in [5.74, 6) is 1.17. The fourth-order valence-corrected chi connectivity index (χ4v) is 2.68. The van der Waals surface area contributed by atoms with Gasteiger partial charge in [-0.25, -0.2) is 0 Å². The van der Waals surface area contributed by atoms with Gasteiger partial charge in [0.25, 0.3) is 0 Å². The van der Waals surface area contributed by atoms with E-state index in [-0.39, 0.29) is 24.2 Å². The Morgan fingerprint density at radius 2 is 2.24 bits per heavy atom. The zero-order valence-electron chi connectivity index (χ0n) is 12.9. The lowest BCUT2D eigenvalue weighted by Gasteiger charge is -2.27. The van der Waals surface area contributed by atoms with Gasteiger partial charge in [-0.05, 0) is 50.4 Å². The molecule has 1 aromatic rings.